The minimum atomic E-state index is -0.554. The van der Waals surface area contributed by atoms with Crippen LogP contribution in [0.4, 0.5) is 0 Å². The van der Waals surface area contributed by atoms with Crippen molar-refractivity contribution in [1.82, 2.24) is 24.2 Å². The number of fused-ring (bicyclic) bond motifs is 1. The predicted molar refractivity (Wildman–Crippen MR) is 125 cm³/mol. The lowest BCUT2D eigenvalue weighted by atomic mass is 10.1. The molecule has 0 radical (unpaired) electrons. The Morgan fingerprint density at radius 1 is 1.24 bits per heavy atom. The fourth-order valence-electron chi connectivity index (χ4n) is 4.05. The van der Waals surface area contributed by atoms with Gasteiger partial charge in [-0.25, -0.2) is 9.78 Å². The van der Waals surface area contributed by atoms with E-state index in [-0.39, 0.29) is 22.8 Å². The molecule has 0 spiro atoms. The summed E-state index contributed by atoms with van der Waals surface area (Å²) in [4.78, 5) is 44.0. The first kappa shape index (κ1) is 23.7. The summed E-state index contributed by atoms with van der Waals surface area (Å²) in [7, 11) is 1.31. The first-order valence-corrected chi connectivity index (χ1v) is 12.1. The van der Waals surface area contributed by atoms with Crippen molar-refractivity contribution in [3.05, 3.63) is 62.7 Å². The van der Waals surface area contributed by atoms with Gasteiger partial charge in [-0.2, -0.15) is 16.4 Å². The highest BCUT2D eigenvalue weighted by molar-refractivity contribution is 7.07. The number of hydrogen-bond donors (Lipinski definition) is 0. The van der Waals surface area contributed by atoms with Crippen LogP contribution in [0.3, 0.4) is 0 Å². The number of rotatable bonds is 9. The lowest BCUT2D eigenvalue weighted by Crippen LogP contribution is -2.34. The van der Waals surface area contributed by atoms with Gasteiger partial charge in [-0.15, -0.1) is 0 Å². The third kappa shape index (κ3) is 5.53. The Morgan fingerprint density at radius 2 is 2.12 bits per heavy atom. The number of carbonyl (C=O) groups excluding carboxylic acids is 2. The average molecular weight is 486 g/mol. The van der Waals surface area contributed by atoms with Crippen molar-refractivity contribution in [2.24, 2.45) is 0 Å². The van der Waals surface area contributed by atoms with Gasteiger partial charge in [-0.05, 0) is 28.8 Å². The van der Waals surface area contributed by atoms with Crippen molar-refractivity contribution in [3.63, 3.8) is 0 Å². The second-order valence-corrected chi connectivity index (χ2v) is 8.71. The number of amides is 1. The average Bonchev–Trinajstić information content (AvgIpc) is 3.50. The van der Waals surface area contributed by atoms with E-state index in [1.54, 1.807) is 31.8 Å². The molecule has 4 heterocycles. The Morgan fingerprint density at radius 3 is 2.85 bits per heavy atom. The maximum Gasteiger partial charge on any atom is 0.343 e. The van der Waals surface area contributed by atoms with E-state index in [1.165, 1.54) is 19.5 Å². The third-order valence-electron chi connectivity index (χ3n) is 5.81. The number of pyridine rings is 1. The molecule has 1 aliphatic rings. The van der Waals surface area contributed by atoms with Crippen molar-refractivity contribution in [3.8, 4) is 5.75 Å². The van der Waals surface area contributed by atoms with Gasteiger partial charge in [0.25, 0.3) is 5.56 Å². The second kappa shape index (κ2) is 11.1. The molecule has 0 aliphatic carbocycles. The van der Waals surface area contributed by atoms with Gasteiger partial charge in [0, 0.05) is 57.2 Å². The van der Waals surface area contributed by atoms with Crippen LogP contribution in [0, 0.1) is 0 Å². The maximum absolute atomic E-state index is 12.9. The zero-order valence-corrected chi connectivity index (χ0v) is 19.8. The summed E-state index contributed by atoms with van der Waals surface area (Å²) in [5.41, 5.74) is 1.68. The molecule has 0 fully saturated rings. The summed E-state index contributed by atoms with van der Waals surface area (Å²) < 4.78 is 14.1. The predicted octanol–water partition coefficient (Wildman–Crippen LogP) is 1.77. The summed E-state index contributed by atoms with van der Waals surface area (Å²) in [6.07, 6.45) is 5.11. The topological polar surface area (TPSA) is 109 Å². The van der Waals surface area contributed by atoms with Crippen LogP contribution in [-0.2, 0) is 35.5 Å². The zero-order chi connectivity index (χ0) is 23.9. The van der Waals surface area contributed by atoms with Gasteiger partial charge in [0.1, 0.15) is 24.0 Å². The minimum Gasteiger partial charge on any atom is -0.492 e. The van der Waals surface area contributed by atoms with Crippen LogP contribution < -0.4 is 10.3 Å². The smallest absolute Gasteiger partial charge is 0.343 e. The molecule has 0 N–H and O–H groups in total. The number of thiophene rings is 1. The lowest BCUT2D eigenvalue weighted by Gasteiger charge is -2.19. The van der Waals surface area contributed by atoms with Gasteiger partial charge in [-0.3, -0.25) is 14.3 Å². The van der Waals surface area contributed by atoms with Crippen molar-refractivity contribution in [2.45, 2.75) is 38.8 Å². The summed E-state index contributed by atoms with van der Waals surface area (Å²) in [6, 6.07) is 3.36. The molecule has 0 bridgehead atoms. The molecule has 34 heavy (non-hydrogen) atoms. The van der Waals surface area contributed by atoms with Gasteiger partial charge < -0.3 is 18.9 Å². The van der Waals surface area contributed by atoms with Crippen LogP contribution in [0.25, 0.3) is 0 Å². The fraction of sp³-hybridized carbons (Fsp3) is 0.435. The minimum absolute atomic E-state index is 0.00725. The first-order valence-electron chi connectivity index (χ1n) is 11.2. The van der Waals surface area contributed by atoms with Crippen molar-refractivity contribution in [2.75, 3.05) is 26.8 Å². The van der Waals surface area contributed by atoms with Crippen LogP contribution >= 0.6 is 11.3 Å². The summed E-state index contributed by atoms with van der Waals surface area (Å²) in [5.74, 6) is -0.319. The molecule has 3 aromatic rings. The molecule has 0 saturated heterocycles. The first-order chi connectivity index (χ1) is 16.6. The molecule has 4 rings (SSSR count). The molecule has 3 aromatic heterocycles. The molecule has 180 valence electrons. The SMILES string of the molecule is COC(=O)c1c(OCCc2ccsc2)cc(=O)n2c1CCN(C(=O)CCCn1cncn1)CC2. The van der Waals surface area contributed by atoms with Crippen LogP contribution in [-0.4, -0.2) is 62.9 Å². The Balaban J connectivity index is 1.47. The molecular weight excluding hydrogens is 458 g/mol. The van der Waals surface area contributed by atoms with E-state index in [4.69, 9.17) is 9.47 Å². The molecular formula is C23H27N5O5S. The van der Waals surface area contributed by atoms with E-state index in [0.29, 0.717) is 64.2 Å². The van der Waals surface area contributed by atoms with Crippen molar-refractivity contribution < 1.29 is 19.1 Å². The number of hydrogen-bond acceptors (Lipinski definition) is 8. The van der Waals surface area contributed by atoms with E-state index < -0.39 is 5.97 Å². The second-order valence-electron chi connectivity index (χ2n) is 7.93. The standard InChI is InChI=1S/C23H27N5O5S/c1-32-23(31)22-18-4-8-26(20(29)3-2-7-27-16-24-15-25-27)9-10-28(18)21(30)13-19(22)33-11-5-17-6-12-34-14-17/h6,12-16H,2-5,7-11H2,1H3. The van der Waals surface area contributed by atoms with Crippen LogP contribution in [0.15, 0.2) is 40.3 Å². The normalized spacial score (nSPS) is 13.3. The number of ether oxygens (including phenoxy) is 2. The number of aryl methyl sites for hydroxylation is 1. The van der Waals surface area contributed by atoms with Gasteiger partial charge >= 0.3 is 5.97 Å². The molecule has 1 aliphatic heterocycles. The molecule has 10 nitrogen and oxygen atoms in total. The largest absolute Gasteiger partial charge is 0.492 e. The number of carbonyl (C=O) groups is 2. The van der Waals surface area contributed by atoms with Gasteiger partial charge in [-0.1, -0.05) is 0 Å². The highest BCUT2D eigenvalue weighted by Gasteiger charge is 2.27. The maximum atomic E-state index is 12.9. The summed E-state index contributed by atoms with van der Waals surface area (Å²) in [5, 5.41) is 8.07. The Hall–Kier alpha value is -3.47. The highest BCUT2D eigenvalue weighted by Crippen LogP contribution is 2.24. The Kier molecular flexibility index (Phi) is 7.73. The highest BCUT2D eigenvalue weighted by atomic mass is 32.1. The van der Waals surface area contributed by atoms with E-state index in [2.05, 4.69) is 10.1 Å². The van der Waals surface area contributed by atoms with Crippen LogP contribution in [0.1, 0.15) is 34.5 Å². The molecule has 1 amide bonds. The van der Waals surface area contributed by atoms with Gasteiger partial charge in [0.05, 0.1) is 13.7 Å². The summed E-state index contributed by atoms with van der Waals surface area (Å²) >= 11 is 1.61. The van der Waals surface area contributed by atoms with E-state index in [9.17, 15) is 14.4 Å². The molecule has 0 saturated carbocycles. The number of aromatic nitrogens is 4. The fourth-order valence-corrected chi connectivity index (χ4v) is 4.75. The Labute approximate surface area is 200 Å². The van der Waals surface area contributed by atoms with Gasteiger partial charge in [0.2, 0.25) is 5.91 Å². The van der Waals surface area contributed by atoms with E-state index in [1.807, 2.05) is 16.8 Å². The quantitative estimate of drug-likeness (QED) is 0.425. The van der Waals surface area contributed by atoms with Crippen molar-refractivity contribution in [1.29, 1.82) is 0 Å². The van der Waals surface area contributed by atoms with Crippen LogP contribution in [0.2, 0.25) is 0 Å². The molecule has 0 unspecified atom stereocenters. The number of methoxy groups -OCH3 is 1. The van der Waals surface area contributed by atoms with Gasteiger partial charge in [0.15, 0.2) is 0 Å². The Bertz CT molecular complexity index is 1170. The molecule has 0 aromatic carbocycles. The van der Waals surface area contributed by atoms with E-state index in [0.717, 1.165) is 5.56 Å². The lowest BCUT2D eigenvalue weighted by molar-refractivity contribution is -0.131. The van der Waals surface area contributed by atoms with Crippen molar-refractivity contribution >= 4 is 23.2 Å². The zero-order valence-electron chi connectivity index (χ0n) is 19.0. The molecule has 11 heteroatoms. The van der Waals surface area contributed by atoms with Crippen LogP contribution in [0.5, 0.6) is 5.75 Å². The monoisotopic (exact) mass is 485 g/mol. The molecule has 0 atom stereocenters. The number of esters is 1. The summed E-state index contributed by atoms with van der Waals surface area (Å²) in [6.45, 7) is 2.05. The third-order valence-corrected chi connectivity index (χ3v) is 6.54. The van der Waals surface area contributed by atoms with E-state index >= 15 is 0 Å². The number of nitrogens with zero attached hydrogens (tertiary/aromatic N) is 5.